The Morgan fingerprint density at radius 1 is 1.54 bits per heavy atom. The van der Waals surface area contributed by atoms with Crippen molar-refractivity contribution in [1.29, 1.82) is 0 Å². The van der Waals surface area contributed by atoms with Crippen molar-refractivity contribution < 1.29 is 0 Å². The molecular weight excluding hydrogens is 164 g/mol. The number of H-pyrrole nitrogens is 1. The van der Waals surface area contributed by atoms with Crippen LogP contribution < -0.4 is 11.3 Å². The van der Waals surface area contributed by atoms with Crippen LogP contribution in [0.25, 0.3) is 0 Å². The van der Waals surface area contributed by atoms with Crippen molar-refractivity contribution in [1.82, 2.24) is 4.98 Å². The van der Waals surface area contributed by atoms with Crippen molar-refractivity contribution >= 4 is 0 Å². The van der Waals surface area contributed by atoms with E-state index in [4.69, 9.17) is 5.73 Å². The van der Waals surface area contributed by atoms with E-state index >= 15 is 0 Å². The highest BCUT2D eigenvalue weighted by Crippen LogP contribution is 2.35. The minimum Gasteiger partial charge on any atom is -0.329 e. The van der Waals surface area contributed by atoms with Gasteiger partial charge in [-0.1, -0.05) is 6.42 Å². The summed E-state index contributed by atoms with van der Waals surface area (Å²) in [5.41, 5.74) is 7.35. The SMILES string of the molecule is NCc1cc(C2CCC2)c[nH]c1=O. The summed E-state index contributed by atoms with van der Waals surface area (Å²) >= 11 is 0. The van der Waals surface area contributed by atoms with E-state index in [2.05, 4.69) is 4.98 Å². The number of rotatable bonds is 2. The highest BCUT2D eigenvalue weighted by Gasteiger charge is 2.19. The van der Waals surface area contributed by atoms with Crippen LogP contribution in [-0.2, 0) is 6.54 Å². The molecule has 3 N–H and O–H groups in total. The largest absolute Gasteiger partial charge is 0.329 e. The first-order valence-electron chi connectivity index (χ1n) is 4.73. The molecule has 0 radical (unpaired) electrons. The normalized spacial score (nSPS) is 17.0. The summed E-state index contributed by atoms with van der Waals surface area (Å²) in [6.45, 7) is 0.329. The zero-order valence-corrected chi connectivity index (χ0v) is 7.55. The fourth-order valence-electron chi connectivity index (χ4n) is 1.68. The third-order valence-electron chi connectivity index (χ3n) is 2.80. The third-order valence-corrected chi connectivity index (χ3v) is 2.80. The van der Waals surface area contributed by atoms with Crippen molar-refractivity contribution in [2.75, 3.05) is 0 Å². The molecule has 1 fully saturated rings. The van der Waals surface area contributed by atoms with E-state index in [9.17, 15) is 4.79 Å². The maximum Gasteiger partial charge on any atom is 0.252 e. The van der Waals surface area contributed by atoms with Gasteiger partial charge in [0.1, 0.15) is 0 Å². The van der Waals surface area contributed by atoms with E-state index in [1.54, 1.807) is 0 Å². The predicted octanol–water partition coefficient (Wildman–Crippen LogP) is 1.10. The molecule has 1 heterocycles. The van der Waals surface area contributed by atoms with Crippen molar-refractivity contribution in [3.8, 4) is 0 Å². The summed E-state index contributed by atoms with van der Waals surface area (Å²) in [7, 11) is 0. The summed E-state index contributed by atoms with van der Waals surface area (Å²) in [5, 5.41) is 0. The predicted molar refractivity (Wildman–Crippen MR) is 51.5 cm³/mol. The first kappa shape index (κ1) is 8.51. The molecule has 0 spiro atoms. The average molecular weight is 178 g/mol. The molecule has 1 aromatic heterocycles. The van der Waals surface area contributed by atoms with Gasteiger partial charge in [0.25, 0.3) is 5.56 Å². The molecule has 3 heteroatoms. The van der Waals surface area contributed by atoms with Crippen LogP contribution in [0.1, 0.15) is 36.3 Å². The van der Waals surface area contributed by atoms with Crippen LogP contribution in [0.3, 0.4) is 0 Å². The molecule has 0 aromatic carbocycles. The van der Waals surface area contributed by atoms with Crippen molar-refractivity contribution in [3.63, 3.8) is 0 Å². The Labute approximate surface area is 77.0 Å². The second-order valence-corrected chi connectivity index (χ2v) is 3.62. The molecule has 2 rings (SSSR count). The fraction of sp³-hybridized carbons (Fsp3) is 0.500. The average Bonchev–Trinajstić information content (AvgIpc) is 2.05. The lowest BCUT2D eigenvalue weighted by Crippen LogP contribution is -2.18. The molecule has 0 bridgehead atoms. The molecule has 3 nitrogen and oxygen atoms in total. The van der Waals surface area contributed by atoms with Gasteiger partial charge in [-0.3, -0.25) is 4.79 Å². The Kier molecular flexibility index (Phi) is 2.19. The first-order valence-corrected chi connectivity index (χ1v) is 4.73. The van der Waals surface area contributed by atoms with E-state index in [-0.39, 0.29) is 5.56 Å². The lowest BCUT2D eigenvalue weighted by Gasteiger charge is -2.25. The van der Waals surface area contributed by atoms with Crippen LogP contribution >= 0.6 is 0 Å². The number of nitrogens with one attached hydrogen (secondary N) is 1. The maximum atomic E-state index is 11.2. The summed E-state index contributed by atoms with van der Waals surface area (Å²) in [4.78, 5) is 13.9. The number of pyridine rings is 1. The van der Waals surface area contributed by atoms with Gasteiger partial charge in [-0.2, -0.15) is 0 Å². The molecule has 1 aliphatic carbocycles. The standard InChI is InChI=1S/C10H14N2O/c11-5-8-4-9(6-12-10(8)13)7-2-1-3-7/h4,6-7H,1-3,5,11H2,(H,12,13). The van der Waals surface area contributed by atoms with E-state index in [0.717, 1.165) is 0 Å². The monoisotopic (exact) mass is 178 g/mol. The van der Waals surface area contributed by atoms with Crippen molar-refractivity contribution in [2.45, 2.75) is 31.7 Å². The van der Waals surface area contributed by atoms with Gasteiger partial charge < -0.3 is 10.7 Å². The number of aromatic nitrogens is 1. The van der Waals surface area contributed by atoms with Gasteiger partial charge in [-0.15, -0.1) is 0 Å². The number of hydrogen-bond donors (Lipinski definition) is 2. The lowest BCUT2D eigenvalue weighted by atomic mass is 9.80. The summed E-state index contributed by atoms with van der Waals surface area (Å²) < 4.78 is 0. The van der Waals surface area contributed by atoms with E-state index < -0.39 is 0 Å². The van der Waals surface area contributed by atoms with Gasteiger partial charge in [0.15, 0.2) is 0 Å². The van der Waals surface area contributed by atoms with Gasteiger partial charge in [0.05, 0.1) is 0 Å². The molecule has 0 amide bonds. The Morgan fingerprint density at radius 2 is 2.31 bits per heavy atom. The quantitative estimate of drug-likeness (QED) is 0.712. The van der Waals surface area contributed by atoms with Gasteiger partial charge in [-0.05, 0) is 30.4 Å². The highest BCUT2D eigenvalue weighted by atomic mass is 16.1. The number of aromatic amines is 1. The molecule has 70 valence electrons. The first-order chi connectivity index (χ1) is 6.31. The topological polar surface area (TPSA) is 58.9 Å². The van der Waals surface area contributed by atoms with Crippen LogP contribution in [0.4, 0.5) is 0 Å². The van der Waals surface area contributed by atoms with Gasteiger partial charge in [0, 0.05) is 18.3 Å². The van der Waals surface area contributed by atoms with Crippen LogP contribution in [-0.4, -0.2) is 4.98 Å². The molecule has 1 aromatic rings. The molecule has 13 heavy (non-hydrogen) atoms. The smallest absolute Gasteiger partial charge is 0.252 e. The Balaban J connectivity index is 2.32. The third kappa shape index (κ3) is 1.52. The number of nitrogens with two attached hydrogens (primary N) is 1. The lowest BCUT2D eigenvalue weighted by molar-refractivity contribution is 0.418. The second-order valence-electron chi connectivity index (χ2n) is 3.62. The Hall–Kier alpha value is -1.09. The zero-order chi connectivity index (χ0) is 9.26. The van der Waals surface area contributed by atoms with Crippen LogP contribution in [0.2, 0.25) is 0 Å². The summed E-state index contributed by atoms with van der Waals surface area (Å²) in [5.74, 6) is 0.655. The summed E-state index contributed by atoms with van der Waals surface area (Å²) in [6, 6.07) is 1.95. The fourth-order valence-corrected chi connectivity index (χ4v) is 1.68. The van der Waals surface area contributed by atoms with E-state index in [1.165, 1.54) is 24.8 Å². The van der Waals surface area contributed by atoms with Crippen molar-refractivity contribution in [3.05, 3.63) is 33.7 Å². The van der Waals surface area contributed by atoms with E-state index in [1.807, 2.05) is 12.3 Å². The Bertz CT molecular complexity index is 352. The highest BCUT2D eigenvalue weighted by molar-refractivity contribution is 5.23. The molecule has 1 aliphatic rings. The van der Waals surface area contributed by atoms with Crippen LogP contribution in [0, 0.1) is 0 Å². The molecular formula is C10H14N2O. The molecule has 1 saturated carbocycles. The van der Waals surface area contributed by atoms with E-state index in [0.29, 0.717) is 18.0 Å². The minimum atomic E-state index is -0.0504. The minimum absolute atomic E-state index is 0.0504. The van der Waals surface area contributed by atoms with Gasteiger partial charge in [-0.25, -0.2) is 0 Å². The van der Waals surface area contributed by atoms with Crippen LogP contribution in [0.15, 0.2) is 17.1 Å². The zero-order valence-electron chi connectivity index (χ0n) is 7.55. The molecule has 0 atom stereocenters. The second kappa shape index (κ2) is 3.34. The van der Waals surface area contributed by atoms with Gasteiger partial charge >= 0.3 is 0 Å². The maximum absolute atomic E-state index is 11.2. The Morgan fingerprint density at radius 3 is 2.85 bits per heavy atom. The van der Waals surface area contributed by atoms with Gasteiger partial charge in [0.2, 0.25) is 0 Å². The van der Waals surface area contributed by atoms with Crippen LogP contribution in [0.5, 0.6) is 0 Å². The molecule has 0 saturated heterocycles. The van der Waals surface area contributed by atoms with Crippen molar-refractivity contribution in [2.24, 2.45) is 5.73 Å². The molecule has 0 unspecified atom stereocenters. The molecule has 0 aliphatic heterocycles. The summed E-state index contributed by atoms with van der Waals surface area (Å²) in [6.07, 6.45) is 5.62. The number of hydrogen-bond acceptors (Lipinski definition) is 2.